The van der Waals surface area contributed by atoms with Crippen molar-refractivity contribution in [2.24, 2.45) is 5.10 Å². The summed E-state index contributed by atoms with van der Waals surface area (Å²) in [4.78, 5) is 13.2. The van der Waals surface area contributed by atoms with Gasteiger partial charge in [-0.25, -0.2) is 5.43 Å². The molecule has 0 saturated heterocycles. The minimum absolute atomic E-state index is 0.0149. The first-order valence-electron chi connectivity index (χ1n) is 12.2. The zero-order chi connectivity index (χ0) is 27.9. The smallest absolute Gasteiger partial charge is 0.339 e. The van der Waals surface area contributed by atoms with E-state index in [4.69, 9.17) is 8.92 Å². The van der Waals surface area contributed by atoms with Crippen molar-refractivity contribution in [1.29, 1.82) is 0 Å². The van der Waals surface area contributed by atoms with E-state index in [1.165, 1.54) is 24.4 Å². The molecular weight excluding hydrogens is 516 g/mol. The maximum Gasteiger partial charge on any atom is 0.339 e. The summed E-state index contributed by atoms with van der Waals surface area (Å²) in [7, 11) is -4.08. The van der Waals surface area contributed by atoms with Crippen LogP contribution in [0.2, 0.25) is 0 Å². The number of nitrogens with one attached hydrogen (secondary N) is 1. The lowest BCUT2D eigenvalue weighted by Crippen LogP contribution is -2.43. The van der Waals surface area contributed by atoms with Crippen LogP contribution < -0.4 is 14.3 Å². The van der Waals surface area contributed by atoms with E-state index in [0.717, 1.165) is 5.56 Å². The van der Waals surface area contributed by atoms with Crippen LogP contribution in [0.1, 0.15) is 29.2 Å². The van der Waals surface area contributed by atoms with Gasteiger partial charge >= 0.3 is 10.1 Å². The second-order valence-electron chi connectivity index (χ2n) is 8.63. The summed E-state index contributed by atoms with van der Waals surface area (Å²) in [5, 5.41) is 15.5. The average Bonchev–Trinajstić information content (AvgIpc) is 2.95. The molecule has 9 heteroatoms. The second-order valence-corrected chi connectivity index (χ2v) is 10.2. The molecule has 4 rings (SSSR count). The van der Waals surface area contributed by atoms with E-state index in [0.29, 0.717) is 16.7 Å². The molecule has 39 heavy (non-hydrogen) atoms. The van der Waals surface area contributed by atoms with Crippen LogP contribution in [0.15, 0.2) is 113 Å². The Balaban J connectivity index is 1.55. The second kappa shape index (κ2) is 11.9. The van der Waals surface area contributed by atoms with Gasteiger partial charge in [0.05, 0.1) is 12.8 Å². The molecule has 0 radical (unpaired) electrons. The van der Waals surface area contributed by atoms with E-state index in [1.807, 2.05) is 6.92 Å². The van der Waals surface area contributed by atoms with Crippen LogP contribution in [-0.2, 0) is 20.5 Å². The van der Waals surface area contributed by atoms with Gasteiger partial charge in [-0.3, -0.25) is 4.79 Å². The van der Waals surface area contributed by atoms with Crippen molar-refractivity contribution >= 4 is 22.2 Å². The predicted molar refractivity (Wildman–Crippen MR) is 148 cm³/mol. The summed E-state index contributed by atoms with van der Waals surface area (Å²) in [6.45, 7) is 3.88. The number of aryl methyl sites for hydroxylation is 1. The van der Waals surface area contributed by atoms with E-state index < -0.39 is 21.6 Å². The fourth-order valence-electron chi connectivity index (χ4n) is 3.85. The van der Waals surface area contributed by atoms with Gasteiger partial charge in [0.2, 0.25) is 0 Å². The summed E-state index contributed by atoms with van der Waals surface area (Å²) in [6, 6.07) is 28.0. The van der Waals surface area contributed by atoms with Gasteiger partial charge in [-0.15, -0.1) is 0 Å². The first-order valence-corrected chi connectivity index (χ1v) is 13.6. The standard InChI is InChI=1S/C30H28N2O6S/c1-3-37-28-20-23(16-19-27(28)38-39(35,36)26-17-14-22(2)15-18-26)21-31-32-29(33)30(34,24-10-6-4-7-11-24)25-12-8-5-9-13-25/h4-21,34H,3H2,1-2H3,(H,32,33)/b31-21-. The highest BCUT2D eigenvalue weighted by atomic mass is 32.2. The summed E-state index contributed by atoms with van der Waals surface area (Å²) < 4.78 is 36.5. The zero-order valence-electron chi connectivity index (χ0n) is 21.4. The highest BCUT2D eigenvalue weighted by molar-refractivity contribution is 7.87. The highest BCUT2D eigenvalue weighted by Gasteiger charge is 2.39. The van der Waals surface area contributed by atoms with Gasteiger partial charge < -0.3 is 14.0 Å². The minimum atomic E-state index is -4.08. The third-order valence-electron chi connectivity index (χ3n) is 5.87. The Labute approximate surface area is 227 Å². The van der Waals surface area contributed by atoms with Crippen LogP contribution in [0.25, 0.3) is 0 Å². The van der Waals surface area contributed by atoms with Gasteiger partial charge in [-0.1, -0.05) is 78.4 Å². The van der Waals surface area contributed by atoms with E-state index in [-0.39, 0.29) is 23.0 Å². The van der Waals surface area contributed by atoms with Crippen LogP contribution in [0, 0.1) is 6.92 Å². The van der Waals surface area contributed by atoms with Crippen molar-refractivity contribution in [2.75, 3.05) is 6.61 Å². The van der Waals surface area contributed by atoms with Crippen LogP contribution >= 0.6 is 0 Å². The lowest BCUT2D eigenvalue weighted by Gasteiger charge is -2.27. The number of carbonyl (C=O) groups is 1. The normalized spacial score (nSPS) is 11.8. The van der Waals surface area contributed by atoms with Crippen LogP contribution in [0.3, 0.4) is 0 Å². The molecule has 0 aromatic heterocycles. The molecule has 8 nitrogen and oxygen atoms in total. The van der Waals surface area contributed by atoms with Crippen LogP contribution in [0.4, 0.5) is 0 Å². The number of hydrazone groups is 1. The summed E-state index contributed by atoms with van der Waals surface area (Å²) in [6.07, 6.45) is 1.36. The lowest BCUT2D eigenvalue weighted by atomic mass is 9.85. The topological polar surface area (TPSA) is 114 Å². The molecule has 2 N–H and O–H groups in total. The van der Waals surface area contributed by atoms with Gasteiger partial charge in [-0.05, 0) is 60.9 Å². The van der Waals surface area contributed by atoms with Crippen LogP contribution in [0.5, 0.6) is 11.5 Å². The number of hydrogen-bond donors (Lipinski definition) is 2. The van der Waals surface area contributed by atoms with Crippen molar-refractivity contribution in [3.8, 4) is 11.5 Å². The molecule has 0 spiro atoms. The Morgan fingerprint density at radius 3 is 2.05 bits per heavy atom. The number of amides is 1. The number of ether oxygens (including phenoxy) is 1. The van der Waals surface area contributed by atoms with Crippen molar-refractivity contribution in [1.82, 2.24) is 5.43 Å². The molecule has 0 aliphatic rings. The minimum Gasteiger partial charge on any atom is -0.490 e. The lowest BCUT2D eigenvalue weighted by molar-refractivity contribution is -0.136. The highest BCUT2D eigenvalue weighted by Crippen LogP contribution is 2.32. The first-order chi connectivity index (χ1) is 18.7. The molecule has 0 unspecified atom stereocenters. The quantitative estimate of drug-likeness (QED) is 0.172. The summed E-state index contributed by atoms with van der Waals surface area (Å²) >= 11 is 0. The third kappa shape index (κ3) is 6.34. The Morgan fingerprint density at radius 2 is 1.49 bits per heavy atom. The summed E-state index contributed by atoms with van der Waals surface area (Å²) in [5.74, 6) is -0.542. The van der Waals surface area contributed by atoms with Gasteiger partial charge in [0, 0.05) is 0 Å². The average molecular weight is 545 g/mol. The SMILES string of the molecule is CCOc1cc(/C=N\NC(=O)C(O)(c2ccccc2)c2ccccc2)ccc1OS(=O)(=O)c1ccc(C)cc1. The van der Waals surface area contributed by atoms with Crippen molar-refractivity contribution in [2.45, 2.75) is 24.3 Å². The third-order valence-corrected chi connectivity index (χ3v) is 7.12. The number of aliphatic hydroxyl groups is 1. The monoisotopic (exact) mass is 544 g/mol. The Morgan fingerprint density at radius 1 is 0.897 bits per heavy atom. The maximum atomic E-state index is 13.2. The molecule has 0 heterocycles. The Bertz CT molecular complexity index is 1520. The number of benzene rings is 4. The molecule has 4 aromatic rings. The molecule has 4 aromatic carbocycles. The van der Waals surface area contributed by atoms with E-state index in [1.54, 1.807) is 91.9 Å². The number of carbonyl (C=O) groups excluding carboxylic acids is 1. The maximum absolute atomic E-state index is 13.2. The van der Waals surface area contributed by atoms with Crippen molar-refractivity contribution in [3.63, 3.8) is 0 Å². The van der Waals surface area contributed by atoms with E-state index in [9.17, 15) is 18.3 Å². The van der Waals surface area contributed by atoms with Gasteiger partial charge in [0.1, 0.15) is 4.90 Å². The molecule has 200 valence electrons. The fraction of sp³-hybridized carbons (Fsp3) is 0.133. The number of nitrogens with zero attached hydrogens (tertiary/aromatic N) is 1. The molecule has 0 atom stereocenters. The fourth-order valence-corrected chi connectivity index (χ4v) is 4.79. The zero-order valence-corrected chi connectivity index (χ0v) is 22.3. The van der Waals surface area contributed by atoms with Gasteiger partial charge in [0.15, 0.2) is 17.1 Å². The van der Waals surface area contributed by atoms with Crippen molar-refractivity contribution in [3.05, 3.63) is 125 Å². The largest absolute Gasteiger partial charge is 0.490 e. The number of rotatable bonds is 10. The molecular formula is C30H28N2O6S. The van der Waals surface area contributed by atoms with Gasteiger partial charge in [-0.2, -0.15) is 13.5 Å². The summed E-state index contributed by atoms with van der Waals surface area (Å²) in [5.41, 5.74) is 2.64. The molecule has 0 bridgehead atoms. The van der Waals surface area contributed by atoms with Gasteiger partial charge in [0.25, 0.3) is 5.91 Å². The molecule has 0 aliphatic carbocycles. The van der Waals surface area contributed by atoms with E-state index in [2.05, 4.69) is 10.5 Å². The Kier molecular flexibility index (Phi) is 8.43. The molecule has 0 saturated carbocycles. The molecule has 0 aliphatic heterocycles. The predicted octanol–water partition coefficient (Wildman–Crippen LogP) is 4.55. The van der Waals surface area contributed by atoms with E-state index >= 15 is 0 Å². The van der Waals surface area contributed by atoms with Crippen LogP contribution in [-0.4, -0.2) is 32.3 Å². The number of hydrogen-bond acceptors (Lipinski definition) is 7. The first kappa shape index (κ1) is 27.6. The molecule has 1 amide bonds. The molecule has 0 fully saturated rings. The van der Waals surface area contributed by atoms with Crippen molar-refractivity contribution < 1.29 is 27.2 Å². The Hall–Kier alpha value is -4.47.